The molecule has 2 aromatic carbocycles. The van der Waals surface area contributed by atoms with Crippen molar-refractivity contribution in [1.82, 2.24) is 9.71 Å². The highest BCUT2D eigenvalue weighted by Crippen LogP contribution is 2.22. The summed E-state index contributed by atoms with van der Waals surface area (Å²) >= 11 is 0. The van der Waals surface area contributed by atoms with E-state index in [9.17, 15) is 13.2 Å². The molecule has 0 bridgehead atoms. The Balaban J connectivity index is 1.83. The van der Waals surface area contributed by atoms with Gasteiger partial charge in [-0.2, -0.15) is 0 Å². The molecule has 3 rings (SSSR count). The molecule has 0 fully saturated rings. The van der Waals surface area contributed by atoms with Gasteiger partial charge in [0.1, 0.15) is 4.90 Å². The maximum atomic E-state index is 12.7. The lowest BCUT2D eigenvalue weighted by Crippen LogP contribution is -2.23. The second kappa shape index (κ2) is 7.23. The first-order valence-electron chi connectivity index (χ1n) is 7.93. The van der Waals surface area contributed by atoms with Gasteiger partial charge in [-0.05, 0) is 42.3 Å². The van der Waals surface area contributed by atoms with Crippen molar-refractivity contribution in [2.75, 3.05) is 7.11 Å². The zero-order chi connectivity index (χ0) is 18.7. The van der Waals surface area contributed by atoms with Crippen LogP contribution in [-0.4, -0.2) is 26.5 Å². The molecule has 0 aliphatic carbocycles. The minimum atomic E-state index is -3.73. The minimum absolute atomic E-state index is 0.103. The Hall–Kier alpha value is -2.77. The number of fused-ring (bicyclic) bond motifs is 1. The van der Waals surface area contributed by atoms with E-state index in [1.54, 1.807) is 36.5 Å². The van der Waals surface area contributed by atoms with Crippen molar-refractivity contribution in [3.05, 3.63) is 71.4 Å². The topological polar surface area (TPSA) is 85.4 Å². The molecule has 1 aromatic heterocycles. The maximum absolute atomic E-state index is 12.7. The van der Waals surface area contributed by atoms with Crippen molar-refractivity contribution in [2.45, 2.75) is 18.4 Å². The number of hydrogen-bond acceptors (Lipinski definition) is 5. The summed E-state index contributed by atoms with van der Waals surface area (Å²) in [7, 11) is -2.42. The standard InChI is InChI=1S/C19H18N2O4S/c1-13-10-16-4-3-5-17(18(16)20-11-13)26(23,24)21-12-14-6-8-15(9-7-14)19(22)25-2/h3-11,21H,12H2,1-2H3. The third-order valence-electron chi connectivity index (χ3n) is 3.94. The lowest BCUT2D eigenvalue weighted by Gasteiger charge is -2.10. The number of para-hydroxylation sites is 1. The van der Waals surface area contributed by atoms with Crippen LogP contribution in [0.5, 0.6) is 0 Å². The molecule has 0 saturated carbocycles. The van der Waals surface area contributed by atoms with Gasteiger partial charge in [0.2, 0.25) is 10.0 Å². The van der Waals surface area contributed by atoms with Crippen molar-refractivity contribution in [1.29, 1.82) is 0 Å². The van der Waals surface area contributed by atoms with E-state index in [1.807, 2.05) is 19.1 Å². The summed E-state index contributed by atoms with van der Waals surface area (Å²) in [5.74, 6) is -0.436. The Kier molecular flexibility index (Phi) is 5.01. The summed E-state index contributed by atoms with van der Waals surface area (Å²) in [4.78, 5) is 15.8. The van der Waals surface area contributed by atoms with Gasteiger partial charge in [0.05, 0.1) is 18.2 Å². The first-order chi connectivity index (χ1) is 12.4. The van der Waals surface area contributed by atoms with Crippen LogP contribution in [0.25, 0.3) is 10.9 Å². The molecule has 0 aliphatic rings. The molecule has 0 saturated heterocycles. The van der Waals surface area contributed by atoms with Gasteiger partial charge in [0, 0.05) is 18.1 Å². The fourth-order valence-electron chi connectivity index (χ4n) is 2.59. The monoisotopic (exact) mass is 370 g/mol. The molecule has 1 heterocycles. The highest BCUT2D eigenvalue weighted by molar-refractivity contribution is 7.89. The highest BCUT2D eigenvalue weighted by Gasteiger charge is 2.18. The predicted octanol–water partition coefficient (Wildman–Crippen LogP) is 2.81. The van der Waals surface area contributed by atoms with E-state index in [-0.39, 0.29) is 11.4 Å². The van der Waals surface area contributed by atoms with E-state index in [1.165, 1.54) is 13.2 Å². The van der Waals surface area contributed by atoms with E-state index >= 15 is 0 Å². The molecule has 3 aromatic rings. The minimum Gasteiger partial charge on any atom is -0.465 e. The van der Waals surface area contributed by atoms with E-state index in [0.717, 1.165) is 16.5 Å². The number of hydrogen-bond donors (Lipinski definition) is 1. The third-order valence-corrected chi connectivity index (χ3v) is 5.37. The van der Waals surface area contributed by atoms with Crippen molar-refractivity contribution >= 4 is 26.9 Å². The molecule has 6 nitrogen and oxygen atoms in total. The predicted molar refractivity (Wildman–Crippen MR) is 98.3 cm³/mol. The lowest BCUT2D eigenvalue weighted by atomic mass is 10.1. The number of carbonyl (C=O) groups excluding carboxylic acids is 1. The second-order valence-corrected chi connectivity index (χ2v) is 7.59. The molecule has 0 atom stereocenters. The molecule has 1 N–H and O–H groups in total. The van der Waals surface area contributed by atoms with Gasteiger partial charge >= 0.3 is 5.97 Å². The summed E-state index contributed by atoms with van der Waals surface area (Å²) in [5, 5.41) is 0.773. The SMILES string of the molecule is COC(=O)c1ccc(CNS(=O)(=O)c2cccc3cc(C)cnc23)cc1. The van der Waals surface area contributed by atoms with Gasteiger partial charge in [-0.3, -0.25) is 4.98 Å². The van der Waals surface area contributed by atoms with Crippen LogP contribution >= 0.6 is 0 Å². The Morgan fingerprint density at radius 3 is 2.58 bits per heavy atom. The smallest absolute Gasteiger partial charge is 0.337 e. The summed E-state index contributed by atoms with van der Waals surface area (Å²) in [6, 6.07) is 13.5. The fraction of sp³-hybridized carbons (Fsp3) is 0.158. The second-order valence-electron chi connectivity index (χ2n) is 5.85. The first kappa shape index (κ1) is 18.0. The number of benzene rings is 2. The molecular formula is C19H18N2O4S. The average molecular weight is 370 g/mol. The molecular weight excluding hydrogens is 352 g/mol. The molecule has 0 spiro atoms. The summed E-state index contributed by atoms with van der Waals surface area (Å²) in [6.45, 7) is 2.01. The first-order valence-corrected chi connectivity index (χ1v) is 9.41. The van der Waals surface area contributed by atoms with Crippen LogP contribution < -0.4 is 4.72 Å². The zero-order valence-electron chi connectivity index (χ0n) is 14.4. The van der Waals surface area contributed by atoms with E-state index in [2.05, 4.69) is 14.4 Å². The maximum Gasteiger partial charge on any atom is 0.337 e. The Morgan fingerprint density at radius 2 is 1.88 bits per heavy atom. The van der Waals surface area contributed by atoms with Crippen LogP contribution in [0.3, 0.4) is 0 Å². The summed E-state index contributed by atoms with van der Waals surface area (Å²) < 4.78 is 32.6. The van der Waals surface area contributed by atoms with E-state index in [4.69, 9.17) is 0 Å². The number of nitrogens with one attached hydrogen (secondary N) is 1. The molecule has 0 aliphatic heterocycles. The number of rotatable bonds is 5. The van der Waals surface area contributed by atoms with Crippen LogP contribution in [0.2, 0.25) is 0 Å². The average Bonchev–Trinajstić information content (AvgIpc) is 2.65. The van der Waals surface area contributed by atoms with Gasteiger partial charge in [-0.25, -0.2) is 17.9 Å². The van der Waals surface area contributed by atoms with Crippen LogP contribution in [0.1, 0.15) is 21.5 Å². The van der Waals surface area contributed by atoms with Crippen molar-refractivity contribution in [2.24, 2.45) is 0 Å². The number of nitrogens with zero attached hydrogens (tertiary/aromatic N) is 1. The van der Waals surface area contributed by atoms with Crippen molar-refractivity contribution in [3.8, 4) is 0 Å². The van der Waals surface area contributed by atoms with Gasteiger partial charge in [0.25, 0.3) is 0 Å². The van der Waals surface area contributed by atoms with Crippen LogP contribution in [0.4, 0.5) is 0 Å². The molecule has 0 unspecified atom stereocenters. The molecule has 26 heavy (non-hydrogen) atoms. The van der Waals surface area contributed by atoms with Crippen molar-refractivity contribution in [3.63, 3.8) is 0 Å². The number of esters is 1. The van der Waals surface area contributed by atoms with E-state index < -0.39 is 16.0 Å². The van der Waals surface area contributed by atoms with Crippen LogP contribution in [0, 0.1) is 6.92 Å². The number of methoxy groups -OCH3 is 1. The van der Waals surface area contributed by atoms with Gasteiger partial charge in [0.15, 0.2) is 0 Å². The number of sulfonamides is 1. The van der Waals surface area contributed by atoms with Crippen molar-refractivity contribution < 1.29 is 17.9 Å². The Morgan fingerprint density at radius 1 is 1.15 bits per heavy atom. The largest absolute Gasteiger partial charge is 0.465 e. The van der Waals surface area contributed by atoms with Crippen LogP contribution in [-0.2, 0) is 21.3 Å². The molecule has 0 amide bonds. The third kappa shape index (κ3) is 3.74. The number of carbonyl (C=O) groups is 1. The quantitative estimate of drug-likeness (QED) is 0.698. The summed E-state index contributed by atoms with van der Waals surface area (Å²) in [6.07, 6.45) is 1.65. The molecule has 0 radical (unpaired) electrons. The lowest BCUT2D eigenvalue weighted by molar-refractivity contribution is 0.0600. The number of pyridine rings is 1. The van der Waals surface area contributed by atoms with E-state index in [0.29, 0.717) is 11.1 Å². The van der Waals surface area contributed by atoms with Gasteiger partial charge in [-0.1, -0.05) is 24.3 Å². The highest BCUT2D eigenvalue weighted by atomic mass is 32.2. The van der Waals surface area contributed by atoms with Gasteiger partial charge < -0.3 is 4.74 Å². The zero-order valence-corrected chi connectivity index (χ0v) is 15.2. The number of ether oxygens (including phenoxy) is 1. The number of aryl methyl sites for hydroxylation is 1. The normalized spacial score (nSPS) is 11.5. The van der Waals surface area contributed by atoms with Gasteiger partial charge in [-0.15, -0.1) is 0 Å². The fourth-order valence-corrected chi connectivity index (χ4v) is 3.79. The molecule has 7 heteroatoms. The summed E-state index contributed by atoms with van der Waals surface area (Å²) in [5.41, 5.74) is 2.54. The Bertz CT molecular complexity index is 1060. The Labute approximate surface area is 151 Å². The van der Waals surface area contributed by atoms with Crippen LogP contribution in [0.15, 0.2) is 59.6 Å². The number of aromatic nitrogens is 1. The molecule has 134 valence electrons.